The second-order valence-corrected chi connectivity index (χ2v) is 8.40. The van der Waals surface area contributed by atoms with E-state index >= 15 is 0 Å². The van der Waals surface area contributed by atoms with Gasteiger partial charge in [-0.05, 0) is 49.1 Å². The SMILES string of the molecule is CCOC(=O)c1sc2c(c1C)[C@H](c1ccc(C(F)(F)F)cc1)[C@H]1C(=O)CCC=C1N2. The van der Waals surface area contributed by atoms with Gasteiger partial charge in [-0.25, -0.2) is 4.79 Å². The van der Waals surface area contributed by atoms with Crippen LogP contribution in [-0.2, 0) is 15.7 Å². The molecule has 2 atom stereocenters. The van der Waals surface area contributed by atoms with Crippen LogP contribution in [-0.4, -0.2) is 18.4 Å². The van der Waals surface area contributed by atoms with Crippen LogP contribution in [0, 0.1) is 12.8 Å². The maximum absolute atomic E-state index is 13.0. The summed E-state index contributed by atoms with van der Waals surface area (Å²) >= 11 is 1.26. The monoisotopic (exact) mass is 435 g/mol. The molecule has 0 amide bonds. The number of anilines is 1. The Balaban J connectivity index is 1.87. The van der Waals surface area contributed by atoms with Crippen LogP contribution in [0.4, 0.5) is 18.2 Å². The number of benzene rings is 1. The third kappa shape index (κ3) is 3.43. The van der Waals surface area contributed by atoms with Gasteiger partial charge >= 0.3 is 12.1 Å². The van der Waals surface area contributed by atoms with Crippen LogP contribution in [0.15, 0.2) is 36.0 Å². The van der Waals surface area contributed by atoms with Crippen molar-refractivity contribution in [2.45, 2.75) is 38.8 Å². The minimum atomic E-state index is -4.43. The first-order chi connectivity index (χ1) is 14.2. The molecule has 0 bridgehead atoms. The summed E-state index contributed by atoms with van der Waals surface area (Å²) in [6.07, 6.45) is -1.47. The van der Waals surface area contributed by atoms with Crippen molar-refractivity contribution in [2.75, 3.05) is 11.9 Å². The van der Waals surface area contributed by atoms with E-state index in [0.29, 0.717) is 28.8 Å². The van der Waals surface area contributed by atoms with Crippen LogP contribution in [0.5, 0.6) is 0 Å². The first-order valence-corrected chi connectivity index (χ1v) is 10.5. The van der Waals surface area contributed by atoms with Crippen LogP contribution in [0.2, 0.25) is 0 Å². The molecule has 158 valence electrons. The lowest BCUT2D eigenvalue weighted by molar-refractivity contribution is -0.137. The highest BCUT2D eigenvalue weighted by molar-refractivity contribution is 7.18. The number of hydrogen-bond donors (Lipinski definition) is 1. The molecule has 30 heavy (non-hydrogen) atoms. The number of carbonyl (C=O) groups is 2. The maximum atomic E-state index is 13.0. The molecule has 1 aromatic heterocycles. The number of ether oxygens (including phenoxy) is 1. The molecule has 4 rings (SSSR count). The number of thiophene rings is 1. The zero-order chi connectivity index (χ0) is 21.6. The largest absolute Gasteiger partial charge is 0.462 e. The first kappa shape index (κ1) is 20.7. The van der Waals surface area contributed by atoms with Crippen molar-refractivity contribution in [1.82, 2.24) is 0 Å². The van der Waals surface area contributed by atoms with Gasteiger partial charge in [0.05, 0.1) is 23.1 Å². The molecular formula is C22H20F3NO3S. The number of halogens is 3. The summed E-state index contributed by atoms with van der Waals surface area (Å²) in [4.78, 5) is 25.7. The van der Waals surface area contributed by atoms with E-state index < -0.39 is 29.5 Å². The number of Topliss-reactive ketones (excluding diaryl/α,β-unsaturated/α-hetero) is 1. The number of fused-ring (bicyclic) bond motifs is 2. The molecule has 1 aromatic carbocycles. The normalized spacial score (nSPS) is 20.7. The standard InChI is InChI=1S/C22H20F3NO3S/c1-3-29-21(28)19-11(2)16-17(12-7-9-13(10-8-12)22(23,24)25)18-14(26-20(16)30-19)5-4-6-15(18)27/h5,7-10,17-18,26H,3-4,6H2,1-2H3/t17-,18+/m0/s1. The van der Waals surface area contributed by atoms with Crippen LogP contribution in [0.1, 0.15) is 57.6 Å². The Labute approximate surface area is 175 Å². The Hall–Kier alpha value is -2.61. The molecule has 2 aromatic rings. The average molecular weight is 435 g/mol. The molecule has 1 aliphatic carbocycles. The topological polar surface area (TPSA) is 55.4 Å². The van der Waals surface area contributed by atoms with Gasteiger partial charge in [0.15, 0.2) is 0 Å². The molecule has 0 saturated carbocycles. The van der Waals surface area contributed by atoms with Crippen molar-refractivity contribution in [3.05, 3.63) is 63.2 Å². The number of rotatable bonds is 3. The van der Waals surface area contributed by atoms with Crippen molar-refractivity contribution < 1.29 is 27.5 Å². The first-order valence-electron chi connectivity index (χ1n) is 9.69. The summed E-state index contributed by atoms with van der Waals surface area (Å²) in [5.41, 5.74) is 2.11. The van der Waals surface area contributed by atoms with E-state index in [1.54, 1.807) is 13.8 Å². The molecule has 2 aliphatic rings. The fourth-order valence-electron chi connectivity index (χ4n) is 4.24. The summed E-state index contributed by atoms with van der Waals surface area (Å²) in [6, 6.07) is 4.95. The number of allylic oxidation sites excluding steroid dienone is 2. The zero-order valence-corrected chi connectivity index (χ0v) is 17.2. The Bertz CT molecular complexity index is 1040. The average Bonchev–Trinajstić information content (AvgIpc) is 3.03. The van der Waals surface area contributed by atoms with Gasteiger partial charge in [-0.1, -0.05) is 18.2 Å². The predicted molar refractivity (Wildman–Crippen MR) is 108 cm³/mol. The molecule has 0 radical (unpaired) electrons. The molecule has 4 nitrogen and oxygen atoms in total. The number of esters is 1. The second kappa shape index (κ2) is 7.58. The second-order valence-electron chi connectivity index (χ2n) is 7.38. The van der Waals surface area contributed by atoms with Crippen LogP contribution < -0.4 is 5.32 Å². The fraction of sp³-hybridized carbons (Fsp3) is 0.364. The van der Waals surface area contributed by atoms with E-state index in [2.05, 4.69) is 5.32 Å². The molecular weight excluding hydrogens is 415 g/mol. The van der Waals surface area contributed by atoms with Crippen molar-refractivity contribution in [2.24, 2.45) is 5.92 Å². The van der Waals surface area contributed by atoms with E-state index in [0.717, 1.165) is 28.4 Å². The summed E-state index contributed by atoms with van der Waals surface area (Å²) in [5.74, 6) is -1.36. The van der Waals surface area contributed by atoms with Crippen molar-refractivity contribution in [3.8, 4) is 0 Å². The molecule has 2 heterocycles. The predicted octanol–water partition coefficient (Wildman–Crippen LogP) is 5.67. The highest BCUT2D eigenvalue weighted by Crippen LogP contribution is 2.52. The Morgan fingerprint density at radius 3 is 2.57 bits per heavy atom. The van der Waals surface area contributed by atoms with E-state index in [9.17, 15) is 22.8 Å². The van der Waals surface area contributed by atoms with Crippen molar-refractivity contribution >= 4 is 28.1 Å². The quantitative estimate of drug-likeness (QED) is 0.631. The summed E-state index contributed by atoms with van der Waals surface area (Å²) < 4.78 is 44.3. The van der Waals surface area contributed by atoms with Crippen molar-refractivity contribution in [3.63, 3.8) is 0 Å². The molecule has 0 spiro atoms. The number of carbonyl (C=O) groups excluding carboxylic acids is 2. The number of alkyl halides is 3. The maximum Gasteiger partial charge on any atom is 0.416 e. The van der Waals surface area contributed by atoms with E-state index in [1.807, 2.05) is 6.08 Å². The van der Waals surface area contributed by atoms with Crippen LogP contribution >= 0.6 is 11.3 Å². The zero-order valence-electron chi connectivity index (χ0n) is 16.4. The van der Waals surface area contributed by atoms with Gasteiger partial charge in [0.1, 0.15) is 10.7 Å². The van der Waals surface area contributed by atoms with Gasteiger partial charge in [0, 0.05) is 18.0 Å². The van der Waals surface area contributed by atoms with Crippen LogP contribution in [0.25, 0.3) is 0 Å². The third-order valence-corrected chi connectivity index (χ3v) is 6.79. The number of ketones is 1. The van der Waals surface area contributed by atoms with Gasteiger partial charge < -0.3 is 10.1 Å². The van der Waals surface area contributed by atoms with Gasteiger partial charge in [0.25, 0.3) is 0 Å². The Morgan fingerprint density at radius 1 is 1.23 bits per heavy atom. The smallest absolute Gasteiger partial charge is 0.416 e. The lowest BCUT2D eigenvalue weighted by Gasteiger charge is -2.37. The highest BCUT2D eigenvalue weighted by atomic mass is 32.1. The molecule has 1 N–H and O–H groups in total. The summed E-state index contributed by atoms with van der Waals surface area (Å²) in [7, 11) is 0. The van der Waals surface area contributed by atoms with Gasteiger partial charge in [-0.15, -0.1) is 11.3 Å². The molecule has 0 saturated heterocycles. The number of nitrogens with one attached hydrogen (secondary N) is 1. The minimum absolute atomic E-state index is 0.0406. The Morgan fingerprint density at radius 2 is 1.93 bits per heavy atom. The molecule has 0 unspecified atom stereocenters. The molecule has 8 heteroatoms. The summed E-state index contributed by atoms with van der Waals surface area (Å²) in [6.45, 7) is 3.76. The highest BCUT2D eigenvalue weighted by Gasteiger charge is 2.43. The van der Waals surface area contributed by atoms with E-state index in [1.165, 1.54) is 23.5 Å². The fourth-order valence-corrected chi connectivity index (χ4v) is 5.41. The summed E-state index contributed by atoms with van der Waals surface area (Å²) in [5, 5.41) is 4.03. The van der Waals surface area contributed by atoms with Gasteiger partial charge in [0.2, 0.25) is 0 Å². The van der Waals surface area contributed by atoms with E-state index in [-0.39, 0.29) is 12.4 Å². The Kier molecular flexibility index (Phi) is 5.22. The van der Waals surface area contributed by atoms with Gasteiger partial charge in [-0.2, -0.15) is 13.2 Å². The van der Waals surface area contributed by atoms with Gasteiger partial charge in [-0.3, -0.25) is 4.79 Å². The third-order valence-electron chi connectivity index (χ3n) is 5.59. The lowest BCUT2D eigenvalue weighted by atomic mass is 9.71. The molecule has 0 fully saturated rings. The minimum Gasteiger partial charge on any atom is -0.462 e. The number of hydrogen-bond acceptors (Lipinski definition) is 5. The lowest BCUT2D eigenvalue weighted by Crippen LogP contribution is -2.34. The van der Waals surface area contributed by atoms with Crippen LogP contribution in [0.3, 0.4) is 0 Å². The van der Waals surface area contributed by atoms with Crippen molar-refractivity contribution in [1.29, 1.82) is 0 Å². The van der Waals surface area contributed by atoms with E-state index in [4.69, 9.17) is 4.74 Å². The molecule has 1 aliphatic heterocycles.